The molecule has 8 heteroatoms. The van der Waals surface area contributed by atoms with Crippen molar-refractivity contribution in [3.8, 4) is 17.2 Å². The van der Waals surface area contributed by atoms with E-state index in [1.54, 1.807) is 42.5 Å². The van der Waals surface area contributed by atoms with Crippen LogP contribution in [0.4, 0.5) is 0 Å². The molecule has 0 aliphatic carbocycles. The van der Waals surface area contributed by atoms with Crippen LogP contribution in [0, 0.1) is 0 Å². The summed E-state index contributed by atoms with van der Waals surface area (Å²) in [6.07, 6.45) is 0.857. The van der Waals surface area contributed by atoms with E-state index < -0.39 is 11.8 Å². The fourth-order valence-corrected chi connectivity index (χ4v) is 2.38. The largest absolute Gasteiger partial charge is 0.490 e. The number of hydrogen-bond acceptors (Lipinski definition) is 5. The highest BCUT2D eigenvalue weighted by Gasteiger charge is 2.13. The lowest BCUT2D eigenvalue weighted by Gasteiger charge is -2.13. The fourth-order valence-electron chi connectivity index (χ4n) is 2.19. The molecule has 0 saturated heterocycles. The molecule has 2 N–H and O–H groups in total. The Morgan fingerprint density at radius 3 is 2.43 bits per heavy atom. The summed E-state index contributed by atoms with van der Waals surface area (Å²) in [4.78, 5) is 24.1. The Kier molecular flexibility index (Phi) is 8.42. The maximum absolute atomic E-state index is 12.3. The highest BCUT2D eigenvalue weighted by molar-refractivity contribution is 6.32. The monoisotopic (exact) mass is 406 g/mol. The Hall–Kier alpha value is -2.93. The van der Waals surface area contributed by atoms with Gasteiger partial charge in [-0.15, -0.1) is 0 Å². The molecular weight excluding hydrogens is 384 g/mol. The van der Waals surface area contributed by atoms with Crippen molar-refractivity contribution in [2.24, 2.45) is 0 Å². The lowest BCUT2D eigenvalue weighted by molar-refractivity contribution is -0.123. The number of para-hydroxylation sites is 1. The SMILES string of the molecule is CCCOc1ccc(C(=O)NNC(=O)COc2ccccc2Cl)cc1OCC. The number of carbonyl (C=O) groups is 2. The van der Waals surface area contributed by atoms with Crippen molar-refractivity contribution in [1.29, 1.82) is 0 Å². The van der Waals surface area contributed by atoms with Gasteiger partial charge in [0.15, 0.2) is 18.1 Å². The summed E-state index contributed by atoms with van der Waals surface area (Å²) < 4.78 is 16.4. The van der Waals surface area contributed by atoms with E-state index in [0.717, 1.165) is 6.42 Å². The first-order valence-electron chi connectivity index (χ1n) is 8.91. The normalized spacial score (nSPS) is 10.1. The number of benzene rings is 2. The van der Waals surface area contributed by atoms with E-state index >= 15 is 0 Å². The van der Waals surface area contributed by atoms with Gasteiger partial charge in [-0.25, -0.2) is 0 Å². The minimum atomic E-state index is -0.527. The van der Waals surface area contributed by atoms with Crippen LogP contribution in [0.15, 0.2) is 42.5 Å². The summed E-state index contributed by atoms with van der Waals surface area (Å²) in [5.74, 6) is 0.402. The third-order valence-corrected chi connectivity index (χ3v) is 3.79. The van der Waals surface area contributed by atoms with Gasteiger partial charge in [0.2, 0.25) is 0 Å². The van der Waals surface area contributed by atoms with Gasteiger partial charge in [0.05, 0.1) is 18.2 Å². The summed E-state index contributed by atoms with van der Waals surface area (Å²) in [5, 5.41) is 0.396. The van der Waals surface area contributed by atoms with Gasteiger partial charge in [-0.1, -0.05) is 30.7 Å². The Balaban J connectivity index is 1.90. The molecule has 0 aromatic heterocycles. The maximum atomic E-state index is 12.3. The van der Waals surface area contributed by atoms with E-state index in [1.165, 1.54) is 0 Å². The molecule has 0 radical (unpaired) electrons. The molecule has 2 aromatic carbocycles. The van der Waals surface area contributed by atoms with Gasteiger partial charge in [0.1, 0.15) is 5.75 Å². The van der Waals surface area contributed by atoms with E-state index in [-0.39, 0.29) is 6.61 Å². The first kappa shape index (κ1) is 21.4. The molecule has 7 nitrogen and oxygen atoms in total. The summed E-state index contributed by atoms with van der Waals surface area (Å²) in [6, 6.07) is 11.6. The molecule has 150 valence electrons. The average molecular weight is 407 g/mol. The third-order valence-electron chi connectivity index (χ3n) is 3.48. The van der Waals surface area contributed by atoms with Gasteiger partial charge in [0.25, 0.3) is 11.8 Å². The quantitative estimate of drug-likeness (QED) is 0.623. The Morgan fingerprint density at radius 2 is 1.71 bits per heavy atom. The molecule has 0 aliphatic rings. The molecule has 0 atom stereocenters. The first-order chi connectivity index (χ1) is 13.5. The van der Waals surface area contributed by atoms with Crippen molar-refractivity contribution in [3.63, 3.8) is 0 Å². The van der Waals surface area contributed by atoms with Crippen molar-refractivity contribution in [3.05, 3.63) is 53.1 Å². The molecule has 0 aliphatic heterocycles. The predicted octanol–water partition coefficient (Wildman–Crippen LogP) is 3.37. The summed E-state index contributed by atoms with van der Waals surface area (Å²) >= 11 is 5.95. The second-order valence-electron chi connectivity index (χ2n) is 5.66. The zero-order valence-electron chi connectivity index (χ0n) is 15.8. The van der Waals surface area contributed by atoms with Crippen LogP contribution < -0.4 is 25.1 Å². The van der Waals surface area contributed by atoms with Crippen molar-refractivity contribution in [1.82, 2.24) is 10.9 Å². The lowest BCUT2D eigenvalue weighted by Crippen LogP contribution is -2.43. The molecule has 0 heterocycles. The molecule has 0 bridgehead atoms. The number of rotatable bonds is 9. The van der Waals surface area contributed by atoms with Gasteiger partial charge in [-0.2, -0.15) is 0 Å². The molecule has 0 fully saturated rings. The van der Waals surface area contributed by atoms with Crippen molar-refractivity contribution in [2.45, 2.75) is 20.3 Å². The molecule has 0 unspecified atom stereocenters. The number of hydrogen-bond donors (Lipinski definition) is 2. The second-order valence-corrected chi connectivity index (χ2v) is 6.07. The zero-order chi connectivity index (χ0) is 20.4. The number of ether oxygens (including phenoxy) is 3. The molecular formula is C20H23ClN2O5. The fraction of sp³-hybridized carbons (Fsp3) is 0.300. The van der Waals surface area contributed by atoms with Gasteiger partial charge >= 0.3 is 0 Å². The first-order valence-corrected chi connectivity index (χ1v) is 9.29. The number of hydrazine groups is 1. The number of amides is 2. The number of nitrogens with one attached hydrogen (secondary N) is 2. The van der Waals surface area contributed by atoms with Crippen LogP contribution in [0.5, 0.6) is 17.2 Å². The van der Waals surface area contributed by atoms with E-state index in [2.05, 4.69) is 10.9 Å². The van der Waals surface area contributed by atoms with E-state index in [0.29, 0.717) is 41.0 Å². The number of carbonyl (C=O) groups excluding carboxylic acids is 2. The topological polar surface area (TPSA) is 85.9 Å². The van der Waals surface area contributed by atoms with E-state index in [9.17, 15) is 9.59 Å². The average Bonchev–Trinajstić information content (AvgIpc) is 2.70. The van der Waals surface area contributed by atoms with Crippen molar-refractivity contribution < 1.29 is 23.8 Å². The maximum Gasteiger partial charge on any atom is 0.276 e. The van der Waals surface area contributed by atoms with Crippen LogP contribution in [-0.4, -0.2) is 31.6 Å². The summed E-state index contributed by atoms with van der Waals surface area (Å²) in [5.41, 5.74) is 4.95. The Morgan fingerprint density at radius 1 is 0.929 bits per heavy atom. The smallest absolute Gasteiger partial charge is 0.276 e. The molecule has 0 saturated carbocycles. The van der Waals surface area contributed by atoms with Crippen LogP contribution in [0.2, 0.25) is 5.02 Å². The van der Waals surface area contributed by atoms with Gasteiger partial charge in [-0.05, 0) is 43.7 Å². The van der Waals surface area contributed by atoms with Crippen LogP contribution >= 0.6 is 11.6 Å². The lowest BCUT2D eigenvalue weighted by atomic mass is 10.2. The predicted molar refractivity (Wildman–Crippen MR) is 106 cm³/mol. The van der Waals surface area contributed by atoms with Crippen LogP contribution in [-0.2, 0) is 4.79 Å². The summed E-state index contributed by atoms with van der Waals surface area (Å²) in [6.45, 7) is 4.53. The van der Waals surface area contributed by atoms with Gasteiger partial charge < -0.3 is 14.2 Å². The molecule has 28 heavy (non-hydrogen) atoms. The molecule has 2 aromatic rings. The minimum Gasteiger partial charge on any atom is -0.490 e. The second kappa shape index (κ2) is 11.0. The van der Waals surface area contributed by atoms with Crippen molar-refractivity contribution in [2.75, 3.05) is 19.8 Å². The highest BCUT2D eigenvalue weighted by atomic mass is 35.5. The van der Waals surface area contributed by atoms with E-state index in [4.69, 9.17) is 25.8 Å². The number of halogens is 1. The highest BCUT2D eigenvalue weighted by Crippen LogP contribution is 2.28. The Bertz CT molecular complexity index is 813. The zero-order valence-corrected chi connectivity index (χ0v) is 16.5. The van der Waals surface area contributed by atoms with E-state index in [1.807, 2.05) is 13.8 Å². The third kappa shape index (κ3) is 6.35. The van der Waals surface area contributed by atoms with Crippen molar-refractivity contribution >= 4 is 23.4 Å². The van der Waals surface area contributed by atoms with Gasteiger partial charge in [-0.3, -0.25) is 20.4 Å². The standard InChI is InChI=1S/C20H23ClN2O5/c1-3-11-27-17-10-9-14(12-18(17)26-4-2)20(25)23-22-19(24)13-28-16-8-6-5-7-15(16)21/h5-10,12H,3-4,11,13H2,1-2H3,(H,22,24)(H,23,25). The van der Waals surface area contributed by atoms with Crippen LogP contribution in [0.25, 0.3) is 0 Å². The molecule has 2 amide bonds. The minimum absolute atomic E-state index is 0.294. The molecule has 2 rings (SSSR count). The summed E-state index contributed by atoms with van der Waals surface area (Å²) in [7, 11) is 0. The van der Waals surface area contributed by atoms with Crippen LogP contribution in [0.1, 0.15) is 30.6 Å². The van der Waals surface area contributed by atoms with Gasteiger partial charge in [0, 0.05) is 5.56 Å². The molecule has 0 spiro atoms. The van der Waals surface area contributed by atoms with Crippen LogP contribution in [0.3, 0.4) is 0 Å². The Labute approximate surface area is 168 Å².